The van der Waals surface area contributed by atoms with Crippen molar-refractivity contribution in [3.63, 3.8) is 0 Å². The number of hydrogen-bond acceptors (Lipinski definition) is 1. The number of para-hydroxylation sites is 1. The van der Waals surface area contributed by atoms with E-state index in [4.69, 9.17) is 0 Å². The third kappa shape index (κ3) is 6.46. The first-order valence-corrected chi connectivity index (χ1v) is 23.1. The molecule has 64 heavy (non-hydrogen) atoms. The Balaban J connectivity index is 1.02. The molecule has 0 N–H and O–H groups in total. The second kappa shape index (κ2) is 16.0. The summed E-state index contributed by atoms with van der Waals surface area (Å²) in [4.78, 5) is 2.46. The van der Waals surface area contributed by atoms with Gasteiger partial charge in [0.15, 0.2) is 0 Å². The minimum atomic E-state index is 1.04. The molecule has 0 aliphatic heterocycles. The molecular formula is C63H49N. The molecule has 0 bridgehead atoms. The molecule has 0 spiro atoms. The smallest absolute Gasteiger partial charge is 0.0496 e. The highest BCUT2D eigenvalue weighted by molar-refractivity contribution is 6.21. The summed E-state index contributed by atoms with van der Waals surface area (Å²) in [6.45, 7) is 2.17. The molecule has 0 saturated heterocycles. The van der Waals surface area contributed by atoms with E-state index in [-0.39, 0.29) is 0 Å². The minimum absolute atomic E-state index is 1.04. The van der Waals surface area contributed by atoms with E-state index >= 15 is 0 Å². The maximum absolute atomic E-state index is 2.49. The fraction of sp³-hybridized carbons (Fsp3) is 0.111. The van der Waals surface area contributed by atoms with Crippen LogP contribution in [0.3, 0.4) is 0 Å². The van der Waals surface area contributed by atoms with Crippen LogP contribution in [-0.2, 0) is 12.8 Å². The number of benzene rings is 10. The van der Waals surface area contributed by atoms with E-state index in [1.165, 1.54) is 134 Å². The Kier molecular flexibility index (Phi) is 9.56. The van der Waals surface area contributed by atoms with Gasteiger partial charge in [-0.1, -0.05) is 175 Å². The average Bonchev–Trinajstić information content (AvgIpc) is 3.36. The largest absolute Gasteiger partial charge is 0.310 e. The number of anilines is 3. The van der Waals surface area contributed by atoms with Gasteiger partial charge in [-0.25, -0.2) is 0 Å². The van der Waals surface area contributed by atoms with Crippen molar-refractivity contribution in [2.45, 2.75) is 45.4 Å². The Hall–Kier alpha value is -7.48. The molecule has 0 saturated carbocycles. The predicted molar refractivity (Wildman–Crippen MR) is 274 cm³/mol. The summed E-state index contributed by atoms with van der Waals surface area (Å²) < 4.78 is 0. The van der Waals surface area contributed by atoms with Gasteiger partial charge in [0.1, 0.15) is 0 Å². The molecule has 0 amide bonds. The van der Waals surface area contributed by atoms with Crippen molar-refractivity contribution in [3.8, 4) is 44.5 Å². The third-order valence-electron chi connectivity index (χ3n) is 13.9. The average molecular weight is 820 g/mol. The van der Waals surface area contributed by atoms with Gasteiger partial charge in [0, 0.05) is 17.1 Å². The summed E-state index contributed by atoms with van der Waals surface area (Å²) in [6, 6.07) is 72.7. The van der Waals surface area contributed by atoms with E-state index in [2.05, 4.69) is 218 Å². The lowest BCUT2D eigenvalue weighted by atomic mass is 9.83. The van der Waals surface area contributed by atoms with Crippen molar-refractivity contribution in [2.75, 3.05) is 4.90 Å². The van der Waals surface area contributed by atoms with Crippen LogP contribution < -0.4 is 15.3 Å². The zero-order valence-electron chi connectivity index (χ0n) is 36.3. The normalized spacial score (nSPS) is 13.3. The number of aryl methyl sites for hydroxylation is 2. The highest BCUT2D eigenvalue weighted by Gasteiger charge is 2.22. The Morgan fingerprint density at radius 1 is 0.359 bits per heavy atom. The van der Waals surface area contributed by atoms with Gasteiger partial charge in [-0.2, -0.15) is 0 Å². The predicted octanol–water partition coefficient (Wildman–Crippen LogP) is 15.8. The summed E-state index contributed by atoms with van der Waals surface area (Å²) >= 11 is 0. The second-order valence-corrected chi connectivity index (χ2v) is 17.7. The van der Waals surface area contributed by atoms with E-state index in [0.717, 1.165) is 25.7 Å². The van der Waals surface area contributed by atoms with Crippen LogP contribution in [0.1, 0.15) is 42.4 Å². The highest BCUT2D eigenvalue weighted by Crippen LogP contribution is 2.46. The molecule has 12 rings (SSSR count). The Morgan fingerprint density at radius 2 is 0.812 bits per heavy atom. The van der Waals surface area contributed by atoms with Gasteiger partial charge in [0.05, 0.1) is 0 Å². The first kappa shape index (κ1) is 38.2. The molecular weight excluding hydrogens is 771 g/mol. The zero-order valence-corrected chi connectivity index (χ0v) is 36.3. The SMILES string of the molecule is Cc1ccc(-c2c3c(c(-c4cccc(-c5c6ccccc6c(-c6ccc(N(c7ccccc7)c7cccc8c7CCCC8)cc6)c6ccccc56)c4)c4ccccc24)=CCCC=3)cc1. The van der Waals surface area contributed by atoms with Crippen molar-refractivity contribution in [1.29, 1.82) is 0 Å². The molecule has 0 heterocycles. The Labute approximate surface area is 375 Å². The zero-order chi connectivity index (χ0) is 42.6. The number of hydrogen-bond donors (Lipinski definition) is 0. The Bertz CT molecular complexity index is 3480. The van der Waals surface area contributed by atoms with E-state index < -0.39 is 0 Å². The van der Waals surface area contributed by atoms with Crippen LogP contribution in [0.15, 0.2) is 194 Å². The molecule has 2 aliphatic carbocycles. The van der Waals surface area contributed by atoms with Crippen LogP contribution in [0.25, 0.3) is 89.0 Å². The topological polar surface area (TPSA) is 3.24 Å². The molecule has 1 nitrogen and oxygen atoms in total. The quantitative estimate of drug-likeness (QED) is 0.145. The van der Waals surface area contributed by atoms with Crippen LogP contribution in [0.2, 0.25) is 0 Å². The molecule has 0 fully saturated rings. The number of fused-ring (bicyclic) bond motifs is 5. The van der Waals surface area contributed by atoms with E-state index in [1.807, 2.05) is 0 Å². The summed E-state index contributed by atoms with van der Waals surface area (Å²) in [5, 5.41) is 10.4. The monoisotopic (exact) mass is 819 g/mol. The lowest BCUT2D eigenvalue weighted by Crippen LogP contribution is -2.31. The number of rotatable bonds is 7. The summed E-state index contributed by atoms with van der Waals surface area (Å²) in [7, 11) is 0. The van der Waals surface area contributed by atoms with Crippen molar-refractivity contribution in [1.82, 2.24) is 0 Å². The first-order valence-electron chi connectivity index (χ1n) is 23.1. The van der Waals surface area contributed by atoms with Gasteiger partial charge in [-0.3, -0.25) is 0 Å². The molecule has 10 aromatic rings. The second-order valence-electron chi connectivity index (χ2n) is 17.7. The fourth-order valence-electron chi connectivity index (χ4n) is 11.0. The summed E-state index contributed by atoms with van der Waals surface area (Å²) in [6.07, 6.45) is 11.8. The minimum Gasteiger partial charge on any atom is -0.310 e. The standard InChI is InChI=1S/C63H49N/c1-42-33-35-44(36-34-42)60-51-24-7-11-28-55(51)62(56-29-12-8-25-52(56)60)46-19-15-20-47(41-46)63-57-30-13-9-26-53(57)61(54-27-10-14-31-58(54)63)45-37-39-49(40-38-45)64(48-21-3-2-4-22-48)59-32-16-18-43-17-5-6-23-50(43)59/h2-4,7,9-11,13-16,18-22,24-41H,5-6,8,12,17,23H2,1H3. The molecule has 1 heteroatoms. The molecule has 0 aromatic heterocycles. The summed E-state index contributed by atoms with van der Waals surface area (Å²) in [5.41, 5.74) is 18.1. The van der Waals surface area contributed by atoms with E-state index in [9.17, 15) is 0 Å². The van der Waals surface area contributed by atoms with Crippen molar-refractivity contribution >= 4 is 61.5 Å². The van der Waals surface area contributed by atoms with Gasteiger partial charge in [0.25, 0.3) is 0 Å². The summed E-state index contributed by atoms with van der Waals surface area (Å²) in [5.74, 6) is 0. The molecule has 0 atom stereocenters. The lowest BCUT2D eigenvalue weighted by Gasteiger charge is -2.30. The lowest BCUT2D eigenvalue weighted by molar-refractivity contribution is 0.686. The molecule has 0 unspecified atom stereocenters. The first-order chi connectivity index (χ1) is 31.7. The van der Waals surface area contributed by atoms with Crippen LogP contribution >= 0.6 is 0 Å². The van der Waals surface area contributed by atoms with Crippen LogP contribution in [0.4, 0.5) is 17.1 Å². The van der Waals surface area contributed by atoms with Gasteiger partial charge >= 0.3 is 0 Å². The number of nitrogens with zero attached hydrogens (tertiary/aromatic N) is 1. The van der Waals surface area contributed by atoms with Gasteiger partial charge in [-0.15, -0.1) is 0 Å². The van der Waals surface area contributed by atoms with Crippen LogP contribution in [0, 0.1) is 6.92 Å². The third-order valence-corrected chi connectivity index (χ3v) is 13.9. The van der Waals surface area contributed by atoms with Crippen molar-refractivity contribution in [3.05, 3.63) is 221 Å². The molecule has 2 aliphatic rings. The van der Waals surface area contributed by atoms with Crippen LogP contribution in [0.5, 0.6) is 0 Å². The molecule has 0 radical (unpaired) electrons. The maximum atomic E-state index is 2.49. The van der Waals surface area contributed by atoms with Gasteiger partial charge < -0.3 is 4.90 Å². The van der Waals surface area contributed by atoms with Gasteiger partial charge in [-0.05, 0) is 180 Å². The van der Waals surface area contributed by atoms with Crippen LogP contribution in [-0.4, -0.2) is 0 Å². The maximum Gasteiger partial charge on any atom is 0.0496 e. The molecule has 306 valence electrons. The van der Waals surface area contributed by atoms with Crippen molar-refractivity contribution in [2.24, 2.45) is 0 Å². The van der Waals surface area contributed by atoms with E-state index in [0.29, 0.717) is 0 Å². The fourth-order valence-corrected chi connectivity index (χ4v) is 11.0. The Morgan fingerprint density at radius 3 is 1.42 bits per heavy atom. The van der Waals surface area contributed by atoms with E-state index in [1.54, 1.807) is 0 Å². The van der Waals surface area contributed by atoms with Crippen molar-refractivity contribution < 1.29 is 0 Å². The highest BCUT2D eigenvalue weighted by atomic mass is 15.1. The molecule has 10 aromatic carbocycles. The van der Waals surface area contributed by atoms with Gasteiger partial charge in [0.2, 0.25) is 0 Å².